The Labute approximate surface area is 96.1 Å². The molecule has 1 aliphatic carbocycles. The minimum absolute atomic E-state index is 0.121. The first-order chi connectivity index (χ1) is 7.75. The van der Waals surface area contributed by atoms with Crippen molar-refractivity contribution >= 4 is 5.91 Å². The van der Waals surface area contributed by atoms with Gasteiger partial charge >= 0.3 is 0 Å². The van der Waals surface area contributed by atoms with Crippen LogP contribution in [0.1, 0.15) is 53.2 Å². The van der Waals surface area contributed by atoms with E-state index in [0.717, 1.165) is 5.56 Å². The maximum Gasteiger partial charge on any atom is 0.252 e. The zero-order chi connectivity index (χ0) is 11.1. The van der Waals surface area contributed by atoms with Crippen LogP contribution in [0.2, 0.25) is 0 Å². The molecule has 1 saturated carbocycles. The fraction of sp³-hybridized carbons (Fsp3) is 0.500. The summed E-state index contributed by atoms with van der Waals surface area (Å²) in [6.07, 6.45) is 5.16. The number of carbonyl (C=O) groups is 1. The van der Waals surface area contributed by atoms with Crippen LogP contribution in [0.15, 0.2) is 18.2 Å². The maximum atomic E-state index is 11.9. The largest absolute Gasteiger partial charge is 0.345 e. The Kier molecular flexibility index (Phi) is 2.23. The fourth-order valence-electron chi connectivity index (χ4n) is 3.10. The zero-order valence-corrected chi connectivity index (χ0v) is 9.62. The third-order valence-electron chi connectivity index (χ3n) is 3.95. The lowest BCUT2D eigenvalue weighted by atomic mass is 9.91. The van der Waals surface area contributed by atoms with Gasteiger partial charge in [-0.2, -0.15) is 0 Å². The normalized spacial score (nSPS) is 24.6. The van der Waals surface area contributed by atoms with Crippen LogP contribution in [-0.2, 0) is 0 Å². The topological polar surface area (TPSA) is 29.1 Å². The Morgan fingerprint density at radius 3 is 2.75 bits per heavy atom. The van der Waals surface area contributed by atoms with Crippen LogP contribution < -0.4 is 5.32 Å². The standard InChI is InChI=1S/C14H17NO/c1-9-6-7-11-12(8-9)14(16)15-13(11)10-4-2-3-5-10/h6-8,10,13H,2-5H2,1H3,(H,15,16). The molecule has 0 spiro atoms. The van der Waals surface area contributed by atoms with Crippen molar-refractivity contribution in [3.8, 4) is 0 Å². The lowest BCUT2D eigenvalue weighted by molar-refractivity contribution is 0.0946. The molecular formula is C14H17NO. The summed E-state index contributed by atoms with van der Waals surface area (Å²) in [5.41, 5.74) is 3.29. The minimum Gasteiger partial charge on any atom is -0.345 e. The van der Waals surface area contributed by atoms with E-state index in [1.54, 1.807) is 0 Å². The highest BCUT2D eigenvalue weighted by atomic mass is 16.2. The van der Waals surface area contributed by atoms with Gasteiger partial charge in [-0.05, 0) is 37.3 Å². The maximum absolute atomic E-state index is 11.9. The highest BCUT2D eigenvalue weighted by Gasteiger charge is 2.35. The highest BCUT2D eigenvalue weighted by molar-refractivity contribution is 5.99. The van der Waals surface area contributed by atoms with Gasteiger partial charge in [0.15, 0.2) is 0 Å². The second-order valence-electron chi connectivity index (χ2n) is 5.09. The van der Waals surface area contributed by atoms with Crippen LogP contribution >= 0.6 is 0 Å². The summed E-state index contributed by atoms with van der Waals surface area (Å²) in [4.78, 5) is 11.9. The summed E-state index contributed by atoms with van der Waals surface area (Å²) in [6, 6.07) is 6.54. The molecule has 2 nitrogen and oxygen atoms in total. The van der Waals surface area contributed by atoms with E-state index in [1.165, 1.54) is 36.8 Å². The molecule has 1 unspecified atom stereocenters. The van der Waals surface area contributed by atoms with Crippen LogP contribution in [0, 0.1) is 12.8 Å². The van der Waals surface area contributed by atoms with Crippen molar-refractivity contribution in [2.75, 3.05) is 0 Å². The Balaban J connectivity index is 1.98. The number of fused-ring (bicyclic) bond motifs is 1. The first-order valence-electron chi connectivity index (χ1n) is 6.17. The zero-order valence-electron chi connectivity index (χ0n) is 9.62. The van der Waals surface area contributed by atoms with E-state index in [4.69, 9.17) is 0 Å². The molecule has 2 heteroatoms. The van der Waals surface area contributed by atoms with E-state index in [0.29, 0.717) is 5.92 Å². The Morgan fingerprint density at radius 1 is 1.25 bits per heavy atom. The summed E-state index contributed by atoms with van der Waals surface area (Å²) >= 11 is 0. The number of aryl methyl sites for hydroxylation is 1. The van der Waals surface area contributed by atoms with Gasteiger partial charge in [0.25, 0.3) is 5.91 Å². The molecule has 16 heavy (non-hydrogen) atoms. The van der Waals surface area contributed by atoms with Crippen molar-refractivity contribution in [1.82, 2.24) is 5.32 Å². The van der Waals surface area contributed by atoms with Gasteiger partial charge in [0.2, 0.25) is 0 Å². The molecule has 1 atom stereocenters. The van der Waals surface area contributed by atoms with E-state index in [-0.39, 0.29) is 11.9 Å². The Bertz CT molecular complexity index is 432. The van der Waals surface area contributed by atoms with E-state index in [1.807, 2.05) is 13.0 Å². The van der Waals surface area contributed by atoms with Crippen molar-refractivity contribution in [3.05, 3.63) is 34.9 Å². The van der Waals surface area contributed by atoms with Gasteiger partial charge < -0.3 is 5.32 Å². The molecule has 1 amide bonds. The summed E-state index contributed by atoms with van der Waals surface area (Å²) in [5, 5.41) is 3.15. The number of rotatable bonds is 1. The summed E-state index contributed by atoms with van der Waals surface area (Å²) in [6.45, 7) is 2.04. The number of hydrogen-bond acceptors (Lipinski definition) is 1. The molecule has 0 bridgehead atoms. The van der Waals surface area contributed by atoms with Crippen LogP contribution in [0.5, 0.6) is 0 Å². The third kappa shape index (κ3) is 1.44. The third-order valence-corrected chi connectivity index (χ3v) is 3.95. The average Bonchev–Trinajstić information content (AvgIpc) is 2.87. The monoisotopic (exact) mass is 215 g/mol. The molecule has 0 saturated heterocycles. The van der Waals surface area contributed by atoms with Gasteiger partial charge in [-0.3, -0.25) is 4.79 Å². The fourth-order valence-corrected chi connectivity index (χ4v) is 3.10. The van der Waals surface area contributed by atoms with Gasteiger partial charge in [0.1, 0.15) is 0 Å². The van der Waals surface area contributed by atoms with Crippen LogP contribution in [0.25, 0.3) is 0 Å². The SMILES string of the molecule is Cc1ccc2c(c1)C(=O)NC2C1CCCC1. The first-order valence-corrected chi connectivity index (χ1v) is 6.17. The van der Waals surface area contributed by atoms with E-state index < -0.39 is 0 Å². The molecular weight excluding hydrogens is 198 g/mol. The number of carbonyl (C=O) groups excluding carboxylic acids is 1. The summed E-state index contributed by atoms with van der Waals surface area (Å²) < 4.78 is 0. The molecule has 3 rings (SSSR count). The van der Waals surface area contributed by atoms with Crippen molar-refractivity contribution in [2.24, 2.45) is 5.92 Å². The molecule has 1 aliphatic heterocycles. The minimum atomic E-state index is 0.121. The van der Waals surface area contributed by atoms with Gasteiger partial charge in [-0.1, -0.05) is 30.5 Å². The number of amides is 1. The second-order valence-corrected chi connectivity index (χ2v) is 5.09. The number of hydrogen-bond donors (Lipinski definition) is 1. The van der Waals surface area contributed by atoms with Crippen LogP contribution in [-0.4, -0.2) is 5.91 Å². The molecule has 1 aromatic rings. The summed E-state index contributed by atoms with van der Waals surface area (Å²) in [5.74, 6) is 0.781. The predicted octanol–water partition coefficient (Wildman–Crippen LogP) is 2.97. The molecule has 1 heterocycles. The first kappa shape index (κ1) is 9.88. The molecule has 1 fully saturated rings. The average molecular weight is 215 g/mol. The summed E-state index contributed by atoms with van der Waals surface area (Å²) in [7, 11) is 0. The Morgan fingerprint density at radius 2 is 2.00 bits per heavy atom. The van der Waals surface area contributed by atoms with Crippen molar-refractivity contribution in [2.45, 2.75) is 38.6 Å². The lowest BCUT2D eigenvalue weighted by Crippen LogP contribution is -2.24. The Hall–Kier alpha value is -1.31. The predicted molar refractivity (Wildman–Crippen MR) is 63.3 cm³/mol. The molecule has 0 aromatic heterocycles. The van der Waals surface area contributed by atoms with E-state index in [9.17, 15) is 4.79 Å². The lowest BCUT2D eigenvalue weighted by Gasteiger charge is -2.19. The van der Waals surface area contributed by atoms with E-state index in [2.05, 4.69) is 17.4 Å². The van der Waals surface area contributed by atoms with Crippen LogP contribution in [0.3, 0.4) is 0 Å². The smallest absolute Gasteiger partial charge is 0.252 e. The van der Waals surface area contributed by atoms with Crippen LogP contribution in [0.4, 0.5) is 0 Å². The molecule has 1 aromatic carbocycles. The van der Waals surface area contributed by atoms with Gasteiger partial charge in [-0.15, -0.1) is 0 Å². The number of benzene rings is 1. The second kappa shape index (κ2) is 3.62. The van der Waals surface area contributed by atoms with E-state index >= 15 is 0 Å². The van der Waals surface area contributed by atoms with Gasteiger partial charge in [0.05, 0.1) is 6.04 Å². The van der Waals surface area contributed by atoms with Crippen molar-refractivity contribution in [3.63, 3.8) is 0 Å². The van der Waals surface area contributed by atoms with Gasteiger partial charge in [-0.25, -0.2) is 0 Å². The quantitative estimate of drug-likeness (QED) is 0.766. The van der Waals surface area contributed by atoms with Gasteiger partial charge in [0, 0.05) is 5.56 Å². The van der Waals surface area contributed by atoms with Crippen molar-refractivity contribution in [1.29, 1.82) is 0 Å². The van der Waals surface area contributed by atoms with Crippen molar-refractivity contribution < 1.29 is 4.79 Å². The molecule has 2 aliphatic rings. The number of nitrogens with one attached hydrogen (secondary N) is 1. The molecule has 0 radical (unpaired) electrons. The molecule has 1 N–H and O–H groups in total. The highest BCUT2D eigenvalue weighted by Crippen LogP contribution is 2.39. The molecule has 84 valence electrons.